The number of carbonyl (C=O) groups is 1. The first-order valence-corrected chi connectivity index (χ1v) is 4.90. The molecular formula is C8H10N4OS. The van der Waals surface area contributed by atoms with Crippen molar-refractivity contribution in [3.05, 3.63) is 11.1 Å². The van der Waals surface area contributed by atoms with Crippen LogP contribution in [-0.4, -0.2) is 16.9 Å². The average molecular weight is 210 g/mol. The molecule has 1 heterocycles. The van der Waals surface area contributed by atoms with Crippen molar-refractivity contribution < 1.29 is 4.79 Å². The van der Waals surface area contributed by atoms with E-state index in [-0.39, 0.29) is 18.4 Å². The molecule has 0 aromatic carbocycles. The fourth-order valence-electron chi connectivity index (χ4n) is 0.878. The number of hydrogen-bond donors (Lipinski definition) is 2. The third-order valence-corrected chi connectivity index (χ3v) is 2.20. The lowest BCUT2D eigenvalue weighted by molar-refractivity contribution is 0.0936. The Hall–Kier alpha value is -1.61. The van der Waals surface area contributed by atoms with Gasteiger partial charge in [-0.1, -0.05) is 0 Å². The molecule has 0 aliphatic rings. The van der Waals surface area contributed by atoms with E-state index in [1.54, 1.807) is 12.3 Å². The number of amides is 1. The monoisotopic (exact) mass is 210 g/mol. The summed E-state index contributed by atoms with van der Waals surface area (Å²) < 4.78 is 0. The summed E-state index contributed by atoms with van der Waals surface area (Å²) in [6.07, 6.45) is 0.283. The van der Waals surface area contributed by atoms with Gasteiger partial charge in [-0.2, -0.15) is 5.26 Å². The maximum Gasteiger partial charge on any atom is 0.271 e. The molecule has 0 fully saturated rings. The predicted octanol–water partition coefficient (Wildman–Crippen LogP) is 0.757. The Morgan fingerprint density at radius 1 is 1.93 bits per heavy atom. The van der Waals surface area contributed by atoms with Crippen molar-refractivity contribution in [2.75, 3.05) is 5.73 Å². The minimum absolute atomic E-state index is 0.171. The first kappa shape index (κ1) is 10.5. The number of rotatable bonds is 3. The summed E-state index contributed by atoms with van der Waals surface area (Å²) in [5.74, 6) is -0.291. The zero-order valence-corrected chi connectivity index (χ0v) is 8.47. The number of nitrogens with one attached hydrogen (secondary N) is 1. The quantitative estimate of drug-likeness (QED) is 0.770. The van der Waals surface area contributed by atoms with Gasteiger partial charge in [-0.25, -0.2) is 4.98 Å². The molecule has 0 saturated heterocycles. The van der Waals surface area contributed by atoms with Gasteiger partial charge in [0.05, 0.1) is 12.5 Å². The molecule has 6 heteroatoms. The Morgan fingerprint density at radius 2 is 2.64 bits per heavy atom. The van der Waals surface area contributed by atoms with E-state index >= 15 is 0 Å². The van der Waals surface area contributed by atoms with Crippen LogP contribution >= 0.6 is 11.3 Å². The van der Waals surface area contributed by atoms with Crippen LogP contribution in [0.4, 0.5) is 5.13 Å². The van der Waals surface area contributed by atoms with E-state index in [2.05, 4.69) is 10.3 Å². The first-order chi connectivity index (χ1) is 6.63. The second kappa shape index (κ2) is 4.58. The Balaban J connectivity index is 2.55. The Bertz CT molecular complexity index is 368. The van der Waals surface area contributed by atoms with Gasteiger partial charge in [0.25, 0.3) is 5.91 Å². The summed E-state index contributed by atoms with van der Waals surface area (Å²) >= 11 is 1.21. The maximum absolute atomic E-state index is 11.4. The number of anilines is 1. The van der Waals surface area contributed by atoms with Crippen LogP contribution in [0.25, 0.3) is 0 Å². The lowest BCUT2D eigenvalue weighted by atomic mass is 10.2. The van der Waals surface area contributed by atoms with Gasteiger partial charge >= 0.3 is 0 Å². The highest BCUT2D eigenvalue weighted by atomic mass is 32.1. The molecule has 0 saturated carbocycles. The lowest BCUT2D eigenvalue weighted by Gasteiger charge is -2.07. The number of thiazole rings is 1. The van der Waals surface area contributed by atoms with Gasteiger partial charge in [-0.15, -0.1) is 11.3 Å². The zero-order valence-electron chi connectivity index (χ0n) is 7.65. The van der Waals surface area contributed by atoms with Crippen LogP contribution in [0, 0.1) is 11.3 Å². The smallest absolute Gasteiger partial charge is 0.271 e. The second-order valence-electron chi connectivity index (χ2n) is 2.81. The molecule has 0 spiro atoms. The summed E-state index contributed by atoms with van der Waals surface area (Å²) in [6, 6.07) is 1.80. The highest BCUT2D eigenvalue weighted by molar-refractivity contribution is 7.13. The first-order valence-electron chi connectivity index (χ1n) is 4.02. The number of nitrogen functional groups attached to an aromatic ring is 1. The standard InChI is InChI=1S/C8H10N4OS/c1-5(2-3-9)11-7(13)6-4-14-8(10)12-6/h4-5H,2H2,1H3,(H2,10,12)(H,11,13). The van der Waals surface area contributed by atoms with Crippen molar-refractivity contribution in [1.82, 2.24) is 10.3 Å². The van der Waals surface area contributed by atoms with E-state index in [0.29, 0.717) is 10.8 Å². The van der Waals surface area contributed by atoms with Crippen molar-refractivity contribution in [3.63, 3.8) is 0 Å². The summed E-state index contributed by atoms with van der Waals surface area (Å²) in [5.41, 5.74) is 5.68. The largest absolute Gasteiger partial charge is 0.375 e. The third-order valence-electron chi connectivity index (χ3n) is 1.53. The minimum Gasteiger partial charge on any atom is -0.375 e. The molecule has 1 aromatic rings. The predicted molar refractivity (Wildman–Crippen MR) is 53.7 cm³/mol. The zero-order chi connectivity index (χ0) is 10.6. The van der Waals surface area contributed by atoms with E-state index < -0.39 is 0 Å². The van der Waals surface area contributed by atoms with E-state index in [9.17, 15) is 4.79 Å². The van der Waals surface area contributed by atoms with Crippen molar-refractivity contribution in [3.8, 4) is 6.07 Å². The molecule has 14 heavy (non-hydrogen) atoms. The normalized spacial score (nSPS) is 11.7. The molecule has 1 atom stereocenters. The molecular weight excluding hydrogens is 200 g/mol. The van der Waals surface area contributed by atoms with Crippen LogP contribution in [0.15, 0.2) is 5.38 Å². The van der Waals surface area contributed by atoms with Gasteiger partial charge in [0.2, 0.25) is 0 Å². The Morgan fingerprint density at radius 3 is 3.14 bits per heavy atom. The van der Waals surface area contributed by atoms with Crippen LogP contribution in [0.5, 0.6) is 0 Å². The highest BCUT2D eigenvalue weighted by Gasteiger charge is 2.11. The average Bonchev–Trinajstić information content (AvgIpc) is 2.52. The second-order valence-corrected chi connectivity index (χ2v) is 3.70. The molecule has 0 aliphatic carbocycles. The molecule has 3 N–H and O–H groups in total. The van der Waals surface area contributed by atoms with Crippen molar-refractivity contribution in [1.29, 1.82) is 5.26 Å². The summed E-state index contributed by atoms with van der Waals surface area (Å²) in [5, 5.41) is 13.0. The van der Waals surface area contributed by atoms with Gasteiger partial charge in [0.15, 0.2) is 5.13 Å². The number of nitriles is 1. The summed E-state index contributed by atoms with van der Waals surface area (Å²) in [7, 11) is 0. The number of aromatic nitrogens is 1. The topological polar surface area (TPSA) is 91.8 Å². The van der Waals surface area contributed by atoms with E-state index in [0.717, 1.165) is 0 Å². The molecule has 1 aromatic heterocycles. The van der Waals surface area contributed by atoms with E-state index in [1.807, 2.05) is 6.07 Å². The number of hydrogen-bond acceptors (Lipinski definition) is 5. The van der Waals surface area contributed by atoms with Gasteiger partial charge in [-0.05, 0) is 6.92 Å². The Labute approximate surface area is 85.6 Å². The van der Waals surface area contributed by atoms with Gasteiger partial charge in [0.1, 0.15) is 5.69 Å². The van der Waals surface area contributed by atoms with Crippen molar-refractivity contribution in [2.24, 2.45) is 0 Å². The van der Waals surface area contributed by atoms with Crippen molar-refractivity contribution >= 4 is 22.4 Å². The highest BCUT2D eigenvalue weighted by Crippen LogP contribution is 2.10. The fraction of sp³-hybridized carbons (Fsp3) is 0.375. The van der Waals surface area contributed by atoms with E-state index in [4.69, 9.17) is 11.0 Å². The van der Waals surface area contributed by atoms with Crippen LogP contribution in [0.1, 0.15) is 23.8 Å². The molecule has 0 radical (unpaired) electrons. The number of carbonyl (C=O) groups excluding carboxylic acids is 1. The van der Waals surface area contributed by atoms with Crippen LogP contribution in [-0.2, 0) is 0 Å². The number of nitrogens with zero attached hydrogens (tertiary/aromatic N) is 2. The minimum atomic E-state index is -0.291. The molecule has 74 valence electrons. The summed E-state index contributed by atoms with van der Waals surface area (Å²) in [6.45, 7) is 1.76. The van der Waals surface area contributed by atoms with Gasteiger partial charge < -0.3 is 11.1 Å². The fourth-order valence-corrected chi connectivity index (χ4v) is 1.42. The van der Waals surface area contributed by atoms with Crippen LogP contribution in [0.3, 0.4) is 0 Å². The summed E-state index contributed by atoms with van der Waals surface area (Å²) in [4.78, 5) is 15.2. The van der Waals surface area contributed by atoms with E-state index in [1.165, 1.54) is 11.3 Å². The molecule has 1 unspecified atom stereocenters. The van der Waals surface area contributed by atoms with Gasteiger partial charge in [-0.3, -0.25) is 4.79 Å². The third kappa shape index (κ3) is 2.71. The molecule has 5 nitrogen and oxygen atoms in total. The number of nitrogens with two attached hydrogens (primary N) is 1. The maximum atomic E-state index is 11.4. The van der Waals surface area contributed by atoms with Crippen LogP contribution < -0.4 is 11.1 Å². The van der Waals surface area contributed by atoms with Gasteiger partial charge in [0, 0.05) is 11.4 Å². The molecule has 1 amide bonds. The molecule has 1 rings (SSSR count). The lowest BCUT2D eigenvalue weighted by Crippen LogP contribution is -2.32. The molecule has 0 bridgehead atoms. The van der Waals surface area contributed by atoms with Crippen molar-refractivity contribution in [2.45, 2.75) is 19.4 Å². The SMILES string of the molecule is CC(CC#N)NC(=O)c1csc(N)n1. The van der Waals surface area contributed by atoms with Crippen LogP contribution in [0.2, 0.25) is 0 Å². The Kier molecular flexibility index (Phi) is 3.42. The molecule has 0 aliphatic heterocycles.